The molecule has 168 valence electrons. The van der Waals surface area contributed by atoms with E-state index in [0.717, 1.165) is 22.6 Å². The Bertz CT molecular complexity index is 1120. The standard InChI is InChI=1S/C26H33N5O/c1-17-8-14-22(15-9-17)28-25(27-16-23-18(2)30-31(7)19(23)3)29-24(32)20-10-12-21(13-11-20)26(4,5)6/h8-15H,16H2,1-7H3,(H2,27,28,29,32). The predicted octanol–water partition coefficient (Wildman–Crippen LogP) is 5.04. The number of amides is 1. The number of carbonyl (C=O) groups excluding carboxylic acids is 1. The van der Waals surface area contributed by atoms with Gasteiger partial charge in [-0.2, -0.15) is 5.10 Å². The molecule has 2 N–H and O–H groups in total. The van der Waals surface area contributed by atoms with Gasteiger partial charge < -0.3 is 5.32 Å². The third-order valence-corrected chi connectivity index (χ3v) is 5.61. The second kappa shape index (κ2) is 9.39. The van der Waals surface area contributed by atoms with Gasteiger partial charge in [0.25, 0.3) is 5.91 Å². The molecule has 0 saturated carbocycles. The van der Waals surface area contributed by atoms with E-state index in [2.05, 4.69) is 41.5 Å². The Hall–Kier alpha value is -3.41. The van der Waals surface area contributed by atoms with Gasteiger partial charge in [-0.15, -0.1) is 0 Å². The molecule has 6 nitrogen and oxygen atoms in total. The van der Waals surface area contributed by atoms with Crippen LogP contribution >= 0.6 is 0 Å². The van der Waals surface area contributed by atoms with Crippen LogP contribution < -0.4 is 10.6 Å². The number of nitrogens with one attached hydrogen (secondary N) is 2. The van der Waals surface area contributed by atoms with Crippen LogP contribution in [-0.2, 0) is 19.0 Å². The number of anilines is 1. The van der Waals surface area contributed by atoms with Crippen molar-refractivity contribution in [2.45, 2.75) is 53.5 Å². The van der Waals surface area contributed by atoms with Gasteiger partial charge in [0.2, 0.25) is 5.96 Å². The van der Waals surface area contributed by atoms with Crippen LogP contribution in [0, 0.1) is 20.8 Å². The Morgan fingerprint density at radius 1 is 1.00 bits per heavy atom. The van der Waals surface area contributed by atoms with Crippen molar-refractivity contribution in [3.05, 3.63) is 82.2 Å². The van der Waals surface area contributed by atoms with E-state index >= 15 is 0 Å². The van der Waals surface area contributed by atoms with Gasteiger partial charge in [-0.1, -0.05) is 50.6 Å². The molecule has 32 heavy (non-hydrogen) atoms. The first kappa shape index (κ1) is 23.3. The molecule has 0 fully saturated rings. The lowest BCUT2D eigenvalue weighted by molar-refractivity contribution is 0.0977. The molecular weight excluding hydrogens is 398 g/mol. The van der Waals surface area contributed by atoms with Crippen molar-refractivity contribution in [1.82, 2.24) is 15.1 Å². The van der Waals surface area contributed by atoms with Crippen LogP contribution in [0.3, 0.4) is 0 Å². The van der Waals surface area contributed by atoms with Crippen LogP contribution in [0.15, 0.2) is 53.5 Å². The minimum atomic E-state index is -0.205. The fourth-order valence-electron chi connectivity index (χ4n) is 3.39. The molecule has 2 aromatic carbocycles. The molecule has 0 spiro atoms. The number of hydrogen-bond donors (Lipinski definition) is 2. The molecule has 0 aliphatic carbocycles. The fourth-order valence-corrected chi connectivity index (χ4v) is 3.39. The van der Waals surface area contributed by atoms with Crippen LogP contribution in [0.25, 0.3) is 0 Å². The van der Waals surface area contributed by atoms with E-state index in [1.807, 2.05) is 81.0 Å². The van der Waals surface area contributed by atoms with Crippen molar-refractivity contribution in [2.24, 2.45) is 12.0 Å². The van der Waals surface area contributed by atoms with E-state index in [-0.39, 0.29) is 11.3 Å². The molecule has 1 amide bonds. The number of benzene rings is 2. The Kier molecular flexibility index (Phi) is 6.82. The van der Waals surface area contributed by atoms with Gasteiger partial charge in [-0.05, 0) is 56.0 Å². The van der Waals surface area contributed by atoms with Gasteiger partial charge >= 0.3 is 0 Å². The molecule has 0 bridgehead atoms. The zero-order valence-electron chi connectivity index (χ0n) is 20.1. The normalized spacial score (nSPS) is 12.0. The lowest BCUT2D eigenvalue weighted by Gasteiger charge is -2.19. The number of carbonyl (C=O) groups is 1. The van der Waals surface area contributed by atoms with E-state index in [9.17, 15) is 4.79 Å². The van der Waals surface area contributed by atoms with Crippen LogP contribution in [-0.4, -0.2) is 21.6 Å². The maximum absolute atomic E-state index is 13.0. The summed E-state index contributed by atoms with van der Waals surface area (Å²) in [4.78, 5) is 17.7. The first-order valence-corrected chi connectivity index (χ1v) is 10.8. The smallest absolute Gasteiger partial charge is 0.257 e. The molecule has 6 heteroatoms. The highest BCUT2D eigenvalue weighted by molar-refractivity contribution is 6.09. The summed E-state index contributed by atoms with van der Waals surface area (Å²) in [5, 5.41) is 10.7. The van der Waals surface area contributed by atoms with Crippen molar-refractivity contribution in [3.63, 3.8) is 0 Å². The minimum absolute atomic E-state index is 0.0358. The van der Waals surface area contributed by atoms with Gasteiger partial charge in [-0.3, -0.25) is 14.8 Å². The first-order valence-electron chi connectivity index (χ1n) is 10.8. The van der Waals surface area contributed by atoms with E-state index < -0.39 is 0 Å². The highest BCUT2D eigenvalue weighted by Crippen LogP contribution is 2.22. The van der Waals surface area contributed by atoms with E-state index in [0.29, 0.717) is 18.1 Å². The van der Waals surface area contributed by atoms with E-state index in [1.165, 1.54) is 11.1 Å². The topological polar surface area (TPSA) is 71.3 Å². The summed E-state index contributed by atoms with van der Waals surface area (Å²) in [6, 6.07) is 15.7. The highest BCUT2D eigenvalue weighted by Gasteiger charge is 2.16. The third-order valence-electron chi connectivity index (χ3n) is 5.61. The molecule has 0 radical (unpaired) electrons. The fraction of sp³-hybridized carbons (Fsp3) is 0.346. The molecule has 0 aliphatic rings. The number of aromatic nitrogens is 2. The average molecular weight is 432 g/mol. The molecule has 0 saturated heterocycles. The minimum Gasteiger partial charge on any atom is -0.326 e. The highest BCUT2D eigenvalue weighted by atomic mass is 16.1. The van der Waals surface area contributed by atoms with Crippen LogP contribution in [0.4, 0.5) is 5.69 Å². The van der Waals surface area contributed by atoms with Crippen molar-refractivity contribution in [1.29, 1.82) is 0 Å². The summed E-state index contributed by atoms with van der Waals surface area (Å²) in [6.07, 6.45) is 0. The lowest BCUT2D eigenvalue weighted by Crippen LogP contribution is -2.36. The van der Waals surface area contributed by atoms with Gasteiger partial charge in [0, 0.05) is 29.6 Å². The monoisotopic (exact) mass is 431 g/mol. The van der Waals surface area contributed by atoms with Crippen LogP contribution in [0.5, 0.6) is 0 Å². The second-order valence-corrected chi connectivity index (χ2v) is 9.21. The largest absolute Gasteiger partial charge is 0.326 e. The van der Waals surface area contributed by atoms with Crippen molar-refractivity contribution in [3.8, 4) is 0 Å². The van der Waals surface area contributed by atoms with Gasteiger partial charge in [0.15, 0.2) is 0 Å². The number of hydrogen-bond acceptors (Lipinski definition) is 3. The molecule has 3 rings (SSSR count). The summed E-state index contributed by atoms with van der Waals surface area (Å²) < 4.78 is 1.85. The van der Waals surface area contributed by atoms with Gasteiger partial charge in [-0.25, -0.2) is 4.99 Å². The predicted molar refractivity (Wildman–Crippen MR) is 131 cm³/mol. The number of nitrogens with zero attached hydrogens (tertiary/aromatic N) is 3. The second-order valence-electron chi connectivity index (χ2n) is 9.21. The quantitative estimate of drug-likeness (QED) is 0.449. The summed E-state index contributed by atoms with van der Waals surface area (Å²) in [6.45, 7) is 12.9. The molecule has 3 aromatic rings. The summed E-state index contributed by atoms with van der Waals surface area (Å²) in [5.74, 6) is 0.199. The molecule has 0 atom stereocenters. The Morgan fingerprint density at radius 2 is 1.62 bits per heavy atom. The number of guanidine groups is 1. The average Bonchev–Trinajstić information content (AvgIpc) is 2.98. The van der Waals surface area contributed by atoms with Crippen LogP contribution in [0.2, 0.25) is 0 Å². The summed E-state index contributed by atoms with van der Waals surface area (Å²) >= 11 is 0. The maximum atomic E-state index is 13.0. The molecular formula is C26H33N5O. The molecule has 1 heterocycles. The molecule has 0 aliphatic heterocycles. The zero-order chi connectivity index (χ0) is 23.5. The number of rotatable bonds is 4. The number of aliphatic imine (C=N–C) groups is 1. The van der Waals surface area contributed by atoms with Gasteiger partial charge in [0.05, 0.1) is 12.2 Å². The summed E-state index contributed by atoms with van der Waals surface area (Å²) in [5.41, 5.74) is 6.88. The lowest BCUT2D eigenvalue weighted by atomic mass is 9.87. The molecule has 0 unspecified atom stereocenters. The summed E-state index contributed by atoms with van der Waals surface area (Å²) in [7, 11) is 1.92. The Balaban J connectivity index is 1.84. The maximum Gasteiger partial charge on any atom is 0.257 e. The number of aryl methyl sites for hydroxylation is 3. The van der Waals surface area contributed by atoms with Crippen molar-refractivity contribution < 1.29 is 4.79 Å². The SMILES string of the molecule is Cc1ccc(NC(=NCc2c(C)nn(C)c2C)NC(=O)c2ccc(C(C)(C)C)cc2)cc1. The Labute approximate surface area is 190 Å². The first-order chi connectivity index (χ1) is 15.0. The third kappa shape index (κ3) is 5.63. The van der Waals surface area contributed by atoms with Crippen LogP contribution in [0.1, 0.15) is 59.2 Å². The van der Waals surface area contributed by atoms with E-state index in [1.54, 1.807) is 0 Å². The zero-order valence-corrected chi connectivity index (χ0v) is 20.1. The van der Waals surface area contributed by atoms with E-state index in [4.69, 9.17) is 0 Å². The van der Waals surface area contributed by atoms with Crippen molar-refractivity contribution in [2.75, 3.05) is 5.32 Å². The van der Waals surface area contributed by atoms with Gasteiger partial charge in [0.1, 0.15) is 0 Å². The Morgan fingerprint density at radius 3 is 2.16 bits per heavy atom. The molecule has 1 aromatic heterocycles. The van der Waals surface area contributed by atoms with Crippen molar-refractivity contribution >= 4 is 17.6 Å².